The van der Waals surface area contributed by atoms with Crippen molar-refractivity contribution in [2.45, 2.75) is 25.5 Å². The molecule has 2 aliphatic heterocycles. The van der Waals surface area contributed by atoms with Crippen LogP contribution in [-0.4, -0.2) is 77.3 Å². The smallest absolute Gasteiger partial charge is 0.232 e. The summed E-state index contributed by atoms with van der Waals surface area (Å²) in [5.41, 5.74) is 3.32. The molecule has 0 radical (unpaired) electrons. The predicted octanol–water partition coefficient (Wildman–Crippen LogP) is 4.95. The number of ether oxygens (including phenoxy) is 2. The topological polar surface area (TPSA) is 78.5 Å². The van der Waals surface area contributed by atoms with E-state index in [-0.39, 0.29) is 11.7 Å². The molecule has 2 aromatic heterocycles. The van der Waals surface area contributed by atoms with Gasteiger partial charge in [-0.3, -0.25) is 4.90 Å². The zero-order valence-corrected chi connectivity index (χ0v) is 21.9. The van der Waals surface area contributed by atoms with Gasteiger partial charge in [0.25, 0.3) is 0 Å². The van der Waals surface area contributed by atoms with Crippen molar-refractivity contribution in [3.05, 3.63) is 65.9 Å². The Kier molecular flexibility index (Phi) is 7.40. The molecule has 0 bridgehead atoms. The van der Waals surface area contributed by atoms with Gasteiger partial charge in [-0.2, -0.15) is 9.97 Å². The number of rotatable bonds is 8. The minimum atomic E-state index is -0.667. The fourth-order valence-electron chi connectivity index (χ4n) is 5.12. The van der Waals surface area contributed by atoms with Crippen molar-refractivity contribution in [2.24, 2.45) is 0 Å². The van der Waals surface area contributed by atoms with E-state index in [4.69, 9.17) is 9.47 Å². The van der Waals surface area contributed by atoms with Crippen LogP contribution in [0.1, 0.15) is 18.4 Å². The third kappa shape index (κ3) is 5.88. The van der Waals surface area contributed by atoms with Gasteiger partial charge in [-0.1, -0.05) is 12.1 Å². The number of hydrogen-bond acceptors (Lipinski definition) is 7. The maximum absolute atomic E-state index is 14.7. The molecule has 2 aliphatic rings. The molecule has 2 aromatic carbocycles. The highest BCUT2D eigenvalue weighted by atomic mass is 19.1. The number of halogens is 2. The Morgan fingerprint density at radius 2 is 1.87 bits per heavy atom. The molecule has 2 fully saturated rings. The molecule has 8 nitrogen and oxygen atoms in total. The average Bonchev–Trinajstić information content (AvgIpc) is 3.60. The maximum atomic E-state index is 14.7. The van der Waals surface area contributed by atoms with Crippen LogP contribution in [0.25, 0.3) is 22.2 Å². The van der Waals surface area contributed by atoms with Crippen molar-refractivity contribution in [2.75, 3.05) is 51.8 Å². The summed E-state index contributed by atoms with van der Waals surface area (Å²) in [4.78, 5) is 17.2. The van der Waals surface area contributed by atoms with Crippen LogP contribution in [0.5, 0.6) is 5.88 Å². The second-order valence-corrected chi connectivity index (χ2v) is 10.2. The van der Waals surface area contributed by atoms with E-state index >= 15 is 0 Å². The Labute approximate surface area is 226 Å². The number of likely N-dealkylation sites (N-methyl/N-ethyl adjacent to an activating group) is 1. The molecule has 2 saturated heterocycles. The SMILES string of the molecule is CN1CCN(Cc2ccc(Nc3nc(OCC4CCCO4)c4c(-c5ccc(F)cc5F)c[nH]c4n3)cc2)CC1. The lowest BCUT2D eigenvalue weighted by Gasteiger charge is -2.32. The summed E-state index contributed by atoms with van der Waals surface area (Å²) in [6.07, 6.45) is 3.52. The molecular formula is C29H32F2N6O2. The first kappa shape index (κ1) is 25.7. The number of nitrogens with one attached hydrogen (secondary N) is 2. The lowest BCUT2D eigenvalue weighted by atomic mass is 10.1. The second kappa shape index (κ2) is 11.3. The first-order valence-corrected chi connectivity index (χ1v) is 13.4. The maximum Gasteiger partial charge on any atom is 0.232 e. The molecular weight excluding hydrogens is 502 g/mol. The van der Waals surface area contributed by atoms with Gasteiger partial charge >= 0.3 is 0 Å². The second-order valence-electron chi connectivity index (χ2n) is 10.2. The molecule has 204 valence electrons. The quantitative estimate of drug-likeness (QED) is 0.331. The van der Waals surface area contributed by atoms with Crippen LogP contribution in [0, 0.1) is 11.6 Å². The average molecular weight is 535 g/mol. The minimum absolute atomic E-state index is 0.0239. The Bertz CT molecular complexity index is 1430. The van der Waals surface area contributed by atoms with E-state index in [0.29, 0.717) is 41.6 Å². The highest BCUT2D eigenvalue weighted by molar-refractivity contribution is 5.98. The van der Waals surface area contributed by atoms with Crippen LogP contribution in [0.3, 0.4) is 0 Å². The molecule has 0 spiro atoms. The number of nitrogens with zero attached hydrogens (tertiary/aromatic N) is 4. The van der Waals surface area contributed by atoms with Crippen LogP contribution in [0.2, 0.25) is 0 Å². The number of anilines is 2. The summed E-state index contributed by atoms with van der Waals surface area (Å²) in [6.45, 7) is 6.26. The van der Waals surface area contributed by atoms with Crippen molar-refractivity contribution in [3.8, 4) is 17.0 Å². The lowest BCUT2D eigenvalue weighted by molar-refractivity contribution is 0.0670. The Balaban J connectivity index is 1.25. The summed E-state index contributed by atoms with van der Waals surface area (Å²) in [5.74, 6) is -0.641. The molecule has 0 saturated carbocycles. The third-order valence-electron chi connectivity index (χ3n) is 7.36. The highest BCUT2D eigenvalue weighted by Crippen LogP contribution is 2.36. The van der Waals surface area contributed by atoms with Gasteiger partial charge in [-0.25, -0.2) is 8.78 Å². The van der Waals surface area contributed by atoms with Crippen LogP contribution in [-0.2, 0) is 11.3 Å². The number of fused-ring (bicyclic) bond motifs is 1. The van der Waals surface area contributed by atoms with Gasteiger partial charge in [0.15, 0.2) is 0 Å². The number of aromatic amines is 1. The first-order valence-electron chi connectivity index (χ1n) is 13.4. The van der Waals surface area contributed by atoms with E-state index in [2.05, 4.69) is 49.2 Å². The number of piperazine rings is 1. The van der Waals surface area contributed by atoms with E-state index in [1.807, 2.05) is 12.1 Å². The number of hydrogen-bond donors (Lipinski definition) is 2. The van der Waals surface area contributed by atoms with E-state index in [9.17, 15) is 8.78 Å². The summed E-state index contributed by atoms with van der Waals surface area (Å²) in [7, 11) is 2.16. The number of H-pyrrole nitrogens is 1. The van der Waals surface area contributed by atoms with E-state index < -0.39 is 11.6 Å². The highest BCUT2D eigenvalue weighted by Gasteiger charge is 2.22. The van der Waals surface area contributed by atoms with Gasteiger partial charge in [-0.15, -0.1) is 0 Å². The predicted molar refractivity (Wildman–Crippen MR) is 146 cm³/mol. The van der Waals surface area contributed by atoms with Crippen molar-refractivity contribution < 1.29 is 18.3 Å². The van der Waals surface area contributed by atoms with Gasteiger partial charge in [0, 0.05) is 68.4 Å². The number of aromatic nitrogens is 3. The van der Waals surface area contributed by atoms with Gasteiger partial charge in [0.2, 0.25) is 11.8 Å². The van der Waals surface area contributed by atoms with Gasteiger partial charge < -0.3 is 24.7 Å². The van der Waals surface area contributed by atoms with Crippen molar-refractivity contribution in [1.82, 2.24) is 24.8 Å². The molecule has 6 rings (SSSR count). The van der Waals surface area contributed by atoms with Crippen LogP contribution in [0.15, 0.2) is 48.7 Å². The summed E-state index contributed by atoms with van der Waals surface area (Å²) < 4.78 is 40.1. The fraction of sp³-hybridized carbons (Fsp3) is 0.379. The first-order chi connectivity index (χ1) is 19.0. The Morgan fingerprint density at radius 3 is 2.62 bits per heavy atom. The van der Waals surface area contributed by atoms with E-state index in [1.54, 1.807) is 6.20 Å². The Morgan fingerprint density at radius 1 is 1.05 bits per heavy atom. The normalized spacial score (nSPS) is 18.6. The summed E-state index contributed by atoms with van der Waals surface area (Å²) in [6, 6.07) is 11.8. The van der Waals surface area contributed by atoms with Gasteiger partial charge in [0.1, 0.15) is 23.9 Å². The summed E-state index contributed by atoms with van der Waals surface area (Å²) in [5, 5.41) is 3.81. The third-order valence-corrected chi connectivity index (χ3v) is 7.36. The van der Waals surface area contributed by atoms with Gasteiger partial charge in [-0.05, 0) is 49.7 Å². The molecule has 39 heavy (non-hydrogen) atoms. The summed E-state index contributed by atoms with van der Waals surface area (Å²) >= 11 is 0. The zero-order valence-electron chi connectivity index (χ0n) is 21.9. The molecule has 4 heterocycles. The molecule has 4 aromatic rings. The van der Waals surface area contributed by atoms with E-state index in [0.717, 1.165) is 57.3 Å². The standard InChI is InChI=1S/C29H32F2N6O2/c1-36-10-12-37(13-11-36)17-19-4-7-21(8-5-19)33-29-34-27-26(28(35-29)39-18-22-3-2-14-38-22)24(16-32-27)23-9-6-20(30)15-25(23)31/h4-9,15-16,22H,2-3,10-14,17-18H2,1H3,(H2,32,33,34,35). The van der Waals surface area contributed by atoms with Gasteiger partial charge in [0.05, 0.1) is 11.5 Å². The monoisotopic (exact) mass is 534 g/mol. The molecule has 0 aliphatic carbocycles. The van der Waals surface area contributed by atoms with Crippen molar-refractivity contribution >= 4 is 22.7 Å². The molecule has 1 unspecified atom stereocenters. The fourth-order valence-corrected chi connectivity index (χ4v) is 5.12. The van der Waals surface area contributed by atoms with Crippen molar-refractivity contribution in [3.63, 3.8) is 0 Å². The largest absolute Gasteiger partial charge is 0.474 e. The molecule has 1 atom stereocenters. The molecule has 0 amide bonds. The zero-order chi connectivity index (χ0) is 26.8. The minimum Gasteiger partial charge on any atom is -0.474 e. The van der Waals surface area contributed by atoms with Crippen LogP contribution in [0.4, 0.5) is 20.4 Å². The van der Waals surface area contributed by atoms with E-state index in [1.165, 1.54) is 17.7 Å². The lowest BCUT2D eigenvalue weighted by Crippen LogP contribution is -2.43. The number of benzene rings is 2. The van der Waals surface area contributed by atoms with Crippen LogP contribution >= 0.6 is 0 Å². The molecule has 10 heteroatoms. The Hall–Kier alpha value is -3.60. The molecule has 2 N–H and O–H groups in total. The van der Waals surface area contributed by atoms with Crippen molar-refractivity contribution in [1.29, 1.82) is 0 Å². The van der Waals surface area contributed by atoms with Crippen LogP contribution < -0.4 is 10.1 Å².